The number of hydrogen-bond donors (Lipinski definition) is 1. The molecule has 0 saturated carbocycles. The molecule has 1 rings (SSSR count). The van der Waals surface area contributed by atoms with E-state index in [0.717, 1.165) is 11.3 Å². The van der Waals surface area contributed by atoms with Gasteiger partial charge in [0.1, 0.15) is 0 Å². The zero-order valence-corrected chi connectivity index (χ0v) is 6.97. The molecule has 0 spiro atoms. The van der Waals surface area contributed by atoms with Gasteiger partial charge in [-0.1, -0.05) is 23.7 Å². The second-order valence-electron chi connectivity index (χ2n) is 2.22. The van der Waals surface area contributed by atoms with Crippen molar-refractivity contribution in [3.05, 3.63) is 34.9 Å². The van der Waals surface area contributed by atoms with Gasteiger partial charge in [0, 0.05) is 5.02 Å². The highest BCUT2D eigenvalue weighted by Gasteiger charge is 1.95. The first-order valence-electron chi connectivity index (χ1n) is 3.24. The summed E-state index contributed by atoms with van der Waals surface area (Å²) in [5.41, 5.74) is 1.74. The number of rotatable bonds is 1. The smallest absolute Gasteiger partial charge is 0.0642 e. The lowest BCUT2D eigenvalue weighted by atomic mass is 10.1. The molecular formula is C8H9ClN2. The van der Waals surface area contributed by atoms with E-state index in [-0.39, 0.29) is 0 Å². The van der Waals surface area contributed by atoms with Gasteiger partial charge < -0.3 is 5.84 Å². The molecular weight excluding hydrogens is 160 g/mol. The average Bonchev–Trinajstić information content (AvgIpc) is 2.03. The third-order valence-electron chi connectivity index (χ3n) is 1.44. The van der Waals surface area contributed by atoms with Crippen LogP contribution in [-0.2, 0) is 0 Å². The van der Waals surface area contributed by atoms with Crippen molar-refractivity contribution in [2.45, 2.75) is 6.92 Å². The highest BCUT2D eigenvalue weighted by atomic mass is 35.5. The minimum atomic E-state index is 0.700. The topological polar surface area (TPSA) is 38.4 Å². The van der Waals surface area contributed by atoms with Crippen molar-refractivity contribution >= 4 is 17.3 Å². The summed E-state index contributed by atoms with van der Waals surface area (Å²) < 4.78 is 0. The monoisotopic (exact) mass is 168 g/mol. The van der Waals surface area contributed by atoms with Gasteiger partial charge in [0.05, 0.1) is 5.71 Å². The van der Waals surface area contributed by atoms with Crippen LogP contribution < -0.4 is 5.84 Å². The van der Waals surface area contributed by atoms with E-state index in [1.807, 2.05) is 31.2 Å². The zero-order chi connectivity index (χ0) is 8.27. The first-order chi connectivity index (χ1) is 5.24. The Labute approximate surface area is 70.7 Å². The van der Waals surface area contributed by atoms with Crippen molar-refractivity contribution < 1.29 is 0 Å². The molecule has 1 aromatic carbocycles. The van der Waals surface area contributed by atoms with Gasteiger partial charge in [0.15, 0.2) is 0 Å². The fraction of sp³-hybridized carbons (Fsp3) is 0.125. The third kappa shape index (κ3) is 1.95. The Kier molecular flexibility index (Phi) is 2.49. The highest BCUT2D eigenvalue weighted by Crippen LogP contribution is 2.10. The van der Waals surface area contributed by atoms with Crippen molar-refractivity contribution in [2.24, 2.45) is 10.9 Å². The molecule has 3 heteroatoms. The molecule has 58 valence electrons. The molecule has 0 aliphatic carbocycles. The lowest BCUT2D eigenvalue weighted by Gasteiger charge is -1.97. The highest BCUT2D eigenvalue weighted by molar-refractivity contribution is 6.31. The normalized spacial score (nSPS) is 11.6. The summed E-state index contributed by atoms with van der Waals surface area (Å²) in [7, 11) is 0. The summed E-state index contributed by atoms with van der Waals surface area (Å²) in [6.07, 6.45) is 0. The molecule has 2 N–H and O–H groups in total. The Balaban J connectivity index is 3.06. The summed E-state index contributed by atoms with van der Waals surface area (Å²) >= 11 is 5.75. The molecule has 0 bridgehead atoms. The Hall–Kier alpha value is -1.02. The van der Waals surface area contributed by atoms with Crippen molar-refractivity contribution in [3.8, 4) is 0 Å². The number of halogens is 1. The number of nitrogens with zero attached hydrogens (tertiary/aromatic N) is 1. The van der Waals surface area contributed by atoms with Crippen LogP contribution in [0, 0.1) is 0 Å². The summed E-state index contributed by atoms with van der Waals surface area (Å²) in [5, 5.41) is 4.26. The van der Waals surface area contributed by atoms with Crippen molar-refractivity contribution in [3.63, 3.8) is 0 Å². The largest absolute Gasteiger partial charge is 0.323 e. The van der Waals surface area contributed by atoms with E-state index < -0.39 is 0 Å². The lowest BCUT2D eigenvalue weighted by Crippen LogP contribution is -1.97. The number of nitrogens with two attached hydrogens (primary N) is 1. The summed E-state index contributed by atoms with van der Waals surface area (Å²) in [4.78, 5) is 0. The summed E-state index contributed by atoms with van der Waals surface area (Å²) in [6, 6.07) is 7.42. The average molecular weight is 169 g/mol. The van der Waals surface area contributed by atoms with Crippen LogP contribution >= 0.6 is 11.6 Å². The Morgan fingerprint density at radius 1 is 1.55 bits per heavy atom. The van der Waals surface area contributed by atoms with Gasteiger partial charge in [-0.05, 0) is 24.6 Å². The van der Waals surface area contributed by atoms with Crippen LogP contribution in [0.2, 0.25) is 5.02 Å². The Morgan fingerprint density at radius 3 is 2.82 bits per heavy atom. The van der Waals surface area contributed by atoms with Crippen LogP contribution in [0.1, 0.15) is 12.5 Å². The van der Waals surface area contributed by atoms with Gasteiger partial charge in [-0.25, -0.2) is 0 Å². The lowest BCUT2D eigenvalue weighted by molar-refractivity contribution is 1.24. The van der Waals surface area contributed by atoms with E-state index in [1.54, 1.807) is 0 Å². The summed E-state index contributed by atoms with van der Waals surface area (Å²) in [6.45, 7) is 1.84. The molecule has 0 atom stereocenters. The molecule has 2 nitrogen and oxygen atoms in total. The van der Waals surface area contributed by atoms with Gasteiger partial charge >= 0.3 is 0 Å². The van der Waals surface area contributed by atoms with Crippen LogP contribution in [0.25, 0.3) is 0 Å². The first kappa shape index (κ1) is 8.08. The van der Waals surface area contributed by atoms with E-state index in [4.69, 9.17) is 17.4 Å². The van der Waals surface area contributed by atoms with Gasteiger partial charge in [-0.15, -0.1) is 0 Å². The molecule has 0 heterocycles. The van der Waals surface area contributed by atoms with Crippen molar-refractivity contribution in [1.82, 2.24) is 0 Å². The van der Waals surface area contributed by atoms with Gasteiger partial charge in [0.2, 0.25) is 0 Å². The summed E-state index contributed by atoms with van der Waals surface area (Å²) in [5.74, 6) is 5.10. The van der Waals surface area contributed by atoms with Crippen LogP contribution in [-0.4, -0.2) is 5.71 Å². The standard InChI is InChI=1S/C8H9ClN2/c1-6(11-10)7-3-2-4-8(9)5-7/h2-5H,10H2,1H3/b11-6+. The maximum absolute atomic E-state index is 5.75. The predicted octanol–water partition coefficient (Wildman–Crippen LogP) is 2.02. The van der Waals surface area contributed by atoms with E-state index in [9.17, 15) is 0 Å². The van der Waals surface area contributed by atoms with E-state index in [1.165, 1.54) is 0 Å². The van der Waals surface area contributed by atoms with Crippen LogP contribution in [0.4, 0.5) is 0 Å². The molecule has 0 unspecified atom stereocenters. The van der Waals surface area contributed by atoms with E-state index >= 15 is 0 Å². The predicted molar refractivity (Wildman–Crippen MR) is 47.9 cm³/mol. The van der Waals surface area contributed by atoms with Gasteiger partial charge in [-0.2, -0.15) is 5.10 Å². The fourth-order valence-electron chi connectivity index (χ4n) is 0.788. The Morgan fingerprint density at radius 2 is 2.27 bits per heavy atom. The SMILES string of the molecule is C/C(=N\N)c1cccc(Cl)c1. The quantitative estimate of drug-likeness (QED) is 0.389. The third-order valence-corrected chi connectivity index (χ3v) is 1.67. The fourth-order valence-corrected chi connectivity index (χ4v) is 0.978. The second kappa shape index (κ2) is 3.39. The molecule has 0 aromatic heterocycles. The van der Waals surface area contributed by atoms with Crippen molar-refractivity contribution in [2.75, 3.05) is 0 Å². The molecule has 1 aromatic rings. The molecule has 0 aliphatic heterocycles. The van der Waals surface area contributed by atoms with Crippen molar-refractivity contribution in [1.29, 1.82) is 0 Å². The molecule has 0 radical (unpaired) electrons. The Bertz CT molecular complexity index is 281. The number of hydrogen-bond acceptors (Lipinski definition) is 2. The minimum absolute atomic E-state index is 0.700. The number of hydrazone groups is 1. The molecule has 11 heavy (non-hydrogen) atoms. The van der Waals surface area contributed by atoms with E-state index in [2.05, 4.69) is 5.10 Å². The second-order valence-corrected chi connectivity index (χ2v) is 2.66. The molecule has 0 aliphatic rings. The van der Waals surface area contributed by atoms with E-state index in [0.29, 0.717) is 5.02 Å². The zero-order valence-electron chi connectivity index (χ0n) is 6.21. The maximum Gasteiger partial charge on any atom is 0.0642 e. The molecule has 0 amide bonds. The maximum atomic E-state index is 5.75. The molecule has 0 fully saturated rings. The minimum Gasteiger partial charge on any atom is -0.323 e. The van der Waals surface area contributed by atoms with Crippen LogP contribution in [0.15, 0.2) is 29.4 Å². The molecule has 0 saturated heterocycles. The van der Waals surface area contributed by atoms with Crippen LogP contribution in [0.3, 0.4) is 0 Å². The number of benzene rings is 1. The van der Waals surface area contributed by atoms with Gasteiger partial charge in [0.25, 0.3) is 0 Å². The first-order valence-corrected chi connectivity index (χ1v) is 3.62. The van der Waals surface area contributed by atoms with Crippen LogP contribution in [0.5, 0.6) is 0 Å². The van der Waals surface area contributed by atoms with Gasteiger partial charge in [-0.3, -0.25) is 0 Å².